The molecular formula is C21H24N2O3. The molecule has 1 N–H and O–H groups in total. The molecule has 1 heterocycles. The van der Waals surface area contributed by atoms with E-state index in [4.69, 9.17) is 0 Å². The first-order chi connectivity index (χ1) is 12.6. The highest BCUT2D eigenvalue weighted by Crippen LogP contribution is 2.33. The summed E-state index contributed by atoms with van der Waals surface area (Å²) in [6.07, 6.45) is 3.03. The predicted octanol–water partition coefficient (Wildman–Crippen LogP) is 3.30. The van der Waals surface area contributed by atoms with Gasteiger partial charge < -0.3 is 5.11 Å². The molecule has 1 aliphatic carbocycles. The second kappa shape index (κ2) is 7.17. The molecular weight excluding hydrogens is 328 g/mol. The molecule has 0 unspecified atom stereocenters. The number of hydrogen-bond donors (Lipinski definition) is 1. The molecule has 0 aromatic heterocycles. The molecule has 2 aromatic rings. The zero-order chi connectivity index (χ0) is 18.1. The zero-order valence-electron chi connectivity index (χ0n) is 14.8. The predicted molar refractivity (Wildman–Crippen MR) is 100 cm³/mol. The van der Waals surface area contributed by atoms with Gasteiger partial charge in [0.05, 0.1) is 11.0 Å². The Morgan fingerprint density at radius 3 is 2.42 bits per heavy atom. The number of nitrogens with zero attached hydrogens (tertiary/aromatic N) is 2. The van der Waals surface area contributed by atoms with Crippen LogP contribution in [-0.2, 0) is 12.8 Å². The van der Waals surface area contributed by atoms with Gasteiger partial charge in [0, 0.05) is 24.6 Å². The SMILES string of the molecule is O=[N+]([O-])c1ccc2c(c1)C[C@@H](O)[C@H](N1CCC(c3ccccc3)CC1)C2. The van der Waals surface area contributed by atoms with Crippen molar-refractivity contribution >= 4 is 5.69 Å². The lowest BCUT2D eigenvalue weighted by molar-refractivity contribution is -0.384. The molecule has 26 heavy (non-hydrogen) atoms. The molecule has 1 saturated heterocycles. The maximum absolute atomic E-state index is 11.0. The molecule has 0 amide bonds. The molecule has 0 saturated carbocycles. The van der Waals surface area contributed by atoms with Crippen molar-refractivity contribution in [1.82, 2.24) is 4.90 Å². The van der Waals surface area contributed by atoms with Gasteiger partial charge in [0.25, 0.3) is 5.69 Å². The summed E-state index contributed by atoms with van der Waals surface area (Å²) in [5.41, 5.74) is 3.57. The van der Waals surface area contributed by atoms with Gasteiger partial charge in [0.15, 0.2) is 0 Å². The van der Waals surface area contributed by atoms with Crippen molar-refractivity contribution in [2.75, 3.05) is 13.1 Å². The number of hydrogen-bond acceptors (Lipinski definition) is 4. The highest BCUT2D eigenvalue weighted by molar-refractivity contribution is 5.42. The second-order valence-corrected chi connectivity index (χ2v) is 7.47. The maximum atomic E-state index is 11.0. The molecule has 136 valence electrons. The monoisotopic (exact) mass is 352 g/mol. The van der Waals surface area contributed by atoms with Crippen LogP contribution in [0, 0.1) is 10.1 Å². The summed E-state index contributed by atoms with van der Waals surface area (Å²) >= 11 is 0. The van der Waals surface area contributed by atoms with Crippen molar-refractivity contribution in [2.24, 2.45) is 0 Å². The summed E-state index contributed by atoms with van der Waals surface area (Å²) in [5.74, 6) is 0.600. The van der Waals surface area contributed by atoms with E-state index in [1.807, 2.05) is 6.07 Å². The molecule has 0 bridgehead atoms. The van der Waals surface area contributed by atoms with Gasteiger partial charge >= 0.3 is 0 Å². The highest BCUT2D eigenvalue weighted by Gasteiger charge is 2.34. The smallest absolute Gasteiger partial charge is 0.269 e. The number of aliphatic hydroxyl groups is 1. The normalized spacial score (nSPS) is 24.2. The number of aliphatic hydroxyl groups excluding tert-OH is 1. The van der Waals surface area contributed by atoms with Gasteiger partial charge in [0.1, 0.15) is 0 Å². The Bertz CT molecular complexity index is 785. The Hall–Kier alpha value is -2.24. The van der Waals surface area contributed by atoms with Gasteiger partial charge in [-0.15, -0.1) is 0 Å². The number of nitro benzene ring substituents is 1. The van der Waals surface area contributed by atoms with E-state index in [1.54, 1.807) is 12.1 Å². The molecule has 0 radical (unpaired) electrons. The van der Waals surface area contributed by atoms with Crippen molar-refractivity contribution < 1.29 is 10.0 Å². The lowest BCUT2D eigenvalue weighted by atomic mass is 9.83. The van der Waals surface area contributed by atoms with E-state index in [-0.39, 0.29) is 16.7 Å². The number of rotatable bonds is 3. The Balaban J connectivity index is 1.44. The molecule has 1 aliphatic heterocycles. The third-order valence-corrected chi connectivity index (χ3v) is 5.97. The standard InChI is InChI=1S/C21H24N2O3/c24-21-14-18-12-19(23(25)26)7-6-17(18)13-20(21)22-10-8-16(9-11-22)15-4-2-1-3-5-15/h1-7,12,16,20-21,24H,8-11,13-14H2/t20-,21-/m1/s1. The Labute approximate surface area is 153 Å². The Kier molecular flexibility index (Phi) is 4.74. The fourth-order valence-electron chi connectivity index (χ4n) is 4.50. The minimum absolute atomic E-state index is 0.109. The van der Waals surface area contributed by atoms with Crippen LogP contribution < -0.4 is 0 Å². The fraction of sp³-hybridized carbons (Fsp3) is 0.429. The minimum Gasteiger partial charge on any atom is -0.391 e. The molecule has 5 nitrogen and oxygen atoms in total. The van der Waals surface area contributed by atoms with Crippen molar-refractivity contribution in [3.63, 3.8) is 0 Å². The van der Waals surface area contributed by atoms with Crippen molar-refractivity contribution in [3.8, 4) is 0 Å². The van der Waals surface area contributed by atoms with E-state index in [0.29, 0.717) is 12.3 Å². The van der Waals surface area contributed by atoms with E-state index >= 15 is 0 Å². The van der Waals surface area contributed by atoms with Crippen LogP contribution in [0.2, 0.25) is 0 Å². The summed E-state index contributed by atoms with van der Waals surface area (Å²) < 4.78 is 0. The first kappa shape index (κ1) is 17.2. The number of fused-ring (bicyclic) bond motifs is 1. The number of nitro groups is 1. The van der Waals surface area contributed by atoms with Crippen LogP contribution in [0.15, 0.2) is 48.5 Å². The maximum Gasteiger partial charge on any atom is 0.269 e. The first-order valence-corrected chi connectivity index (χ1v) is 9.35. The Morgan fingerprint density at radius 2 is 1.73 bits per heavy atom. The first-order valence-electron chi connectivity index (χ1n) is 9.35. The third-order valence-electron chi connectivity index (χ3n) is 5.97. The van der Waals surface area contributed by atoms with Crippen molar-refractivity contribution in [3.05, 3.63) is 75.3 Å². The molecule has 2 aromatic carbocycles. The summed E-state index contributed by atoms with van der Waals surface area (Å²) in [4.78, 5) is 13.0. The van der Waals surface area contributed by atoms with Crippen LogP contribution in [0.3, 0.4) is 0 Å². The average molecular weight is 352 g/mol. The molecule has 1 fully saturated rings. The van der Waals surface area contributed by atoms with E-state index in [9.17, 15) is 15.2 Å². The summed E-state index contributed by atoms with van der Waals surface area (Å²) in [6, 6.07) is 15.8. The van der Waals surface area contributed by atoms with E-state index in [1.165, 1.54) is 5.56 Å². The Morgan fingerprint density at radius 1 is 1.00 bits per heavy atom. The fourth-order valence-corrected chi connectivity index (χ4v) is 4.50. The summed E-state index contributed by atoms with van der Waals surface area (Å²) in [7, 11) is 0. The van der Waals surface area contributed by atoms with Crippen LogP contribution in [0.4, 0.5) is 5.69 Å². The van der Waals surface area contributed by atoms with Crippen LogP contribution in [0.5, 0.6) is 0 Å². The van der Waals surface area contributed by atoms with Gasteiger partial charge in [0.2, 0.25) is 0 Å². The topological polar surface area (TPSA) is 66.6 Å². The van der Waals surface area contributed by atoms with Gasteiger partial charge in [-0.25, -0.2) is 0 Å². The molecule has 2 aliphatic rings. The molecule has 4 rings (SSSR count). The largest absolute Gasteiger partial charge is 0.391 e. The van der Waals surface area contributed by atoms with E-state index in [0.717, 1.165) is 43.5 Å². The van der Waals surface area contributed by atoms with Gasteiger partial charge in [-0.2, -0.15) is 0 Å². The molecule has 0 spiro atoms. The van der Waals surface area contributed by atoms with Crippen LogP contribution >= 0.6 is 0 Å². The lowest BCUT2D eigenvalue weighted by Crippen LogP contribution is -2.50. The number of benzene rings is 2. The zero-order valence-corrected chi connectivity index (χ0v) is 14.8. The summed E-state index contributed by atoms with van der Waals surface area (Å²) in [6.45, 7) is 1.98. The van der Waals surface area contributed by atoms with Crippen LogP contribution in [0.25, 0.3) is 0 Å². The number of non-ortho nitro benzene ring substituents is 1. The van der Waals surface area contributed by atoms with Crippen molar-refractivity contribution in [2.45, 2.75) is 43.7 Å². The average Bonchev–Trinajstić information content (AvgIpc) is 2.68. The quantitative estimate of drug-likeness (QED) is 0.680. The highest BCUT2D eigenvalue weighted by atomic mass is 16.6. The number of piperidine rings is 1. The van der Waals surface area contributed by atoms with E-state index in [2.05, 4.69) is 35.2 Å². The lowest BCUT2D eigenvalue weighted by Gasteiger charge is -2.42. The van der Waals surface area contributed by atoms with E-state index < -0.39 is 6.10 Å². The second-order valence-electron chi connectivity index (χ2n) is 7.47. The number of likely N-dealkylation sites (tertiary alicyclic amines) is 1. The van der Waals surface area contributed by atoms with Gasteiger partial charge in [-0.1, -0.05) is 36.4 Å². The van der Waals surface area contributed by atoms with Crippen molar-refractivity contribution in [1.29, 1.82) is 0 Å². The molecule has 2 atom stereocenters. The molecule has 5 heteroatoms. The van der Waals surface area contributed by atoms with Crippen LogP contribution in [-0.4, -0.2) is 40.2 Å². The third kappa shape index (κ3) is 3.37. The minimum atomic E-state index is -0.460. The van der Waals surface area contributed by atoms with Crippen LogP contribution in [0.1, 0.15) is 35.4 Å². The van der Waals surface area contributed by atoms with Gasteiger partial charge in [-0.05, 0) is 55.0 Å². The summed E-state index contributed by atoms with van der Waals surface area (Å²) in [5, 5.41) is 21.6. The van der Waals surface area contributed by atoms with Gasteiger partial charge in [-0.3, -0.25) is 15.0 Å².